The van der Waals surface area contributed by atoms with Crippen molar-refractivity contribution < 1.29 is 13.2 Å². The Morgan fingerprint density at radius 1 is 1.60 bits per heavy atom. The highest BCUT2D eigenvalue weighted by Gasteiger charge is 2.20. The van der Waals surface area contributed by atoms with Crippen molar-refractivity contribution in [2.45, 2.75) is 31.5 Å². The molecule has 0 atom stereocenters. The van der Waals surface area contributed by atoms with Gasteiger partial charge in [0.25, 0.3) is 9.05 Å². The number of hydrogen-bond acceptors (Lipinski definition) is 4. The predicted octanol–water partition coefficient (Wildman–Crippen LogP) is 1.27. The maximum atomic E-state index is 11.2. The number of rotatable bonds is 4. The van der Waals surface area contributed by atoms with Gasteiger partial charge in [-0.25, -0.2) is 8.42 Å². The summed E-state index contributed by atoms with van der Waals surface area (Å²) in [5.74, 6) is 0. The molecule has 1 aromatic rings. The van der Waals surface area contributed by atoms with E-state index in [1.807, 2.05) is 13.8 Å². The van der Waals surface area contributed by atoms with Crippen LogP contribution >= 0.6 is 10.7 Å². The van der Waals surface area contributed by atoms with Gasteiger partial charge in [-0.05, 0) is 13.8 Å². The standard InChI is InChI=1S/C8H13ClN2O3S/c1-6(2)14-5-7-8(15(9,12)13)4-10-11(7)3/h4,6H,5H2,1-3H3. The average Bonchev–Trinajstić information content (AvgIpc) is 2.42. The molecular weight excluding hydrogens is 240 g/mol. The number of halogens is 1. The molecule has 0 spiro atoms. The Balaban J connectivity index is 3.00. The van der Waals surface area contributed by atoms with Crippen LogP contribution in [0.4, 0.5) is 0 Å². The van der Waals surface area contributed by atoms with Crippen LogP contribution in [-0.4, -0.2) is 24.3 Å². The van der Waals surface area contributed by atoms with Gasteiger partial charge in [0.2, 0.25) is 0 Å². The van der Waals surface area contributed by atoms with Crippen LogP contribution in [0.25, 0.3) is 0 Å². The van der Waals surface area contributed by atoms with Gasteiger partial charge >= 0.3 is 0 Å². The molecule has 0 N–H and O–H groups in total. The molecule has 0 bridgehead atoms. The van der Waals surface area contributed by atoms with Crippen LogP contribution in [0, 0.1) is 0 Å². The van der Waals surface area contributed by atoms with Gasteiger partial charge in [0.05, 0.1) is 24.6 Å². The van der Waals surface area contributed by atoms with Gasteiger partial charge in [-0.3, -0.25) is 4.68 Å². The molecule has 0 radical (unpaired) electrons. The molecule has 1 rings (SSSR count). The van der Waals surface area contributed by atoms with Crippen molar-refractivity contribution in [1.29, 1.82) is 0 Å². The van der Waals surface area contributed by atoms with E-state index in [1.54, 1.807) is 7.05 Å². The molecule has 5 nitrogen and oxygen atoms in total. The minimum Gasteiger partial charge on any atom is -0.372 e. The first-order valence-corrected chi connectivity index (χ1v) is 6.70. The number of ether oxygens (including phenoxy) is 1. The minimum absolute atomic E-state index is 0.00677. The van der Waals surface area contributed by atoms with E-state index >= 15 is 0 Å². The molecule has 7 heteroatoms. The molecule has 1 aromatic heterocycles. The highest BCUT2D eigenvalue weighted by atomic mass is 35.7. The third-order valence-corrected chi connectivity index (χ3v) is 3.20. The topological polar surface area (TPSA) is 61.2 Å². The summed E-state index contributed by atoms with van der Waals surface area (Å²) in [6, 6.07) is 0. The average molecular weight is 253 g/mol. The summed E-state index contributed by atoms with van der Waals surface area (Å²) in [6.07, 6.45) is 1.24. The highest BCUT2D eigenvalue weighted by Crippen LogP contribution is 2.20. The van der Waals surface area contributed by atoms with Crippen molar-refractivity contribution in [3.05, 3.63) is 11.9 Å². The van der Waals surface area contributed by atoms with E-state index in [-0.39, 0.29) is 17.6 Å². The largest absolute Gasteiger partial charge is 0.372 e. The summed E-state index contributed by atoms with van der Waals surface area (Å²) >= 11 is 0. The van der Waals surface area contributed by atoms with Gasteiger partial charge in [-0.1, -0.05) is 0 Å². The van der Waals surface area contributed by atoms with Crippen molar-refractivity contribution in [3.63, 3.8) is 0 Å². The molecule has 0 saturated heterocycles. The van der Waals surface area contributed by atoms with Crippen LogP contribution in [0.1, 0.15) is 19.5 Å². The summed E-state index contributed by atoms with van der Waals surface area (Å²) in [5.41, 5.74) is 0.457. The maximum absolute atomic E-state index is 11.2. The van der Waals surface area contributed by atoms with E-state index in [2.05, 4.69) is 5.10 Å². The first-order chi connectivity index (χ1) is 6.82. The lowest BCUT2D eigenvalue weighted by Crippen LogP contribution is -2.08. The van der Waals surface area contributed by atoms with Crippen molar-refractivity contribution >= 4 is 19.7 Å². The molecule has 0 aliphatic heterocycles. The van der Waals surface area contributed by atoms with Gasteiger partial charge in [0, 0.05) is 17.7 Å². The predicted molar refractivity (Wildman–Crippen MR) is 56.2 cm³/mol. The molecule has 15 heavy (non-hydrogen) atoms. The fraction of sp³-hybridized carbons (Fsp3) is 0.625. The summed E-state index contributed by atoms with van der Waals surface area (Å²) in [7, 11) is 3.15. The Kier molecular flexibility index (Phi) is 3.75. The zero-order chi connectivity index (χ0) is 11.6. The quantitative estimate of drug-likeness (QED) is 0.758. The van der Waals surface area contributed by atoms with Gasteiger partial charge in [-0.2, -0.15) is 5.10 Å². The zero-order valence-corrected chi connectivity index (χ0v) is 10.3. The van der Waals surface area contributed by atoms with Gasteiger partial charge in [0.1, 0.15) is 4.90 Å². The Bertz CT molecular complexity index is 439. The smallest absolute Gasteiger partial charge is 0.264 e. The van der Waals surface area contributed by atoms with Crippen LogP contribution in [0.3, 0.4) is 0 Å². The molecule has 86 valence electrons. The van der Waals surface area contributed by atoms with Gasteiger partial charge < -0.3 is 4.74 Å². The summed E-state index contributed by atoms with van der Waals surface area (Å²) in [4.78, 5) is 0.00677. The second-order valence-corrected chi connectivity index (χ2v) is 5.91. The molecule has 0 amide bonds. The van der Waals surface area contributed by atoms with Gasteiger partial charge in [0.15, 0.2) is 0 Å². The van der Waals surface area contributed by atoms with E-state index in [0.29, 0.717) is 5.69 Å². The lowest BCUT2D eigenvalue weighted by molar-refractivity contribution is 0.0603. The number of nitrogens with zero attached hydrogens (tertiary/aromatic N) is 2. The maximum Gasteiger partial charge on any atom is 0.264 e. The summed E-state index contributed by atoms with van der Waals surface area (Å²) in [6.45, 7) is 3.91. The Labute approximate surface area is 93.4 Å². The number of hydrogen-bond donors (Lipinski definition) is 0. The Morgan fingerprint density at radius 2 is 2.20 bits per heavy atom. The van der Waals surface area contributed by atoms with Crippen LogP contribution in [0.15, 0.2) is 11.1 Å². The second-order valence-electron chi connectivity index (χ2n) is 3.38. The van der Waals surface area contributed by atoms with Crippen LogP contribution in [0.5, 0.6) is 0 Å². The Hall–Kier alpha value is -0.590. The zero-order valence-electron chi connectivity index (χ0n) is 8.77. The van der Waals surface area contributed by atoms with Crippen molar-refractivity contribution in [3.8, 4) is 0 Å². The lowest BCUT2D eigenvalue weighted by Gasteiger charge is -2.08. The van der Waals surface area contributed by atoms with Crippen LogP contribution in [0.2, 0.25) is 0 Å². The van der Waals surface area contributed by atoms with Crippen molar-refractivity contribution in [2.75, 3.05) is 0 Å². The third kappa shape index (κ3) is 3.19. The monoisotopic (exact) mass is 252 g/mol. The van der Waals surface area contributed by atoms with Crippen molar-refractivity contribution in [2.24, 2.45) is 7.05 Å². The van der Waals surface area contributed by atoms with E-state index in [4.69, 9.17) is 15.4 Å². The van der Waals surface area contributed by atoms with Crippen molar-refractivity contribution in [1.82, 2.24) is 9.78 Å². The first kappa shape index (κ1) is 12.5. The fourth-order valence-electron chi connectivity index (χ4n) is 1.06. The first-order valence-electron chi connectivity index (χ1n) is 4.39. The summed E-state index contributed by atoms with van der Waals surface area (Å²) < 4.78 is 29.1. The molecule has 0 fully saturated rings. The second kappa shape index (κ2) is 4.51. The fourth-order valence-corrected chi connectivity index (χ4v) is 2.09. The van der Waals surface area contributed by atoms with Gasteiger partial charge in [-0.15, -0.1) is 0 Å². The third-order valence-electron chi connectivity index (χ3n) is 1.84. The van der Waals surface area contributed by atoms with E-state index in [9.17, 15) is 8.42 Å². The molecular formula is C8H13ClN2O3S. The molecule has 0 aliphatic rings. The minimum atomic E-state index is -3.75. The SMILES string of the molecule is CC(C)OCc1c(S(=O)(=O)Cl)cnn1C. The van der Waals surface area contributed by atoms with E-state index in [0.717, 1.165) is 0 Å². The molecule has 0 aliphatic carbocycles. The summed E-state index contributed by atoms with van der Waals surface area (Å²) in [5, 5.41) is 3.83. The number of aryl methyl sites for hydroxylation is 1. The van der Waals surface area contributed by atoms with Crippen LogP contribution in [-0.2, 0) is 27.4 Å². The normalized spacial score (nSPS) is 12.3. The molecule has 0 saturated carbocycles. The Morgan fingerprint density at radius 3 is 2.67 bits per heavy atom. The molecule has 0 unspecified atom stereocenters. The molecule has 0 aromatic carbocycles. The highest BCUT2D eigenvalue weighted by molar-refractivity contribution is 8.13. The number of aromatic nitrogens is 2. The van der Waals surface area contributed by atoms with E-state index < -0.39 is 9.05 Å². The van der Waals surface area contributed by atoms with E-state index in [1.165, 1.54) is 10.9 Å². The van der Waals surface area contributed by atoms with Crippen LogP contribution < -0.4 is 0 Å². The molecule has 1 heterocycles. The lowest BCUT2D eigenvalue weighted by atomic mass is 10.4.